The number of sulfonamides is 1. The van der Waals surface area contributed by atoms with Crippen LogP contribution in [0, 0.1) is 0 Å². The van der Waals surface area contributed by atoms with Crippen molar-refractivity contribution in [1.82, 2.24) is 10.2 Å². The molecule has 0 bridgehead atoms. The summed E-state index contributed by atoms with van der Waals surface area (Å²) in [5.74, 6) is -0.869. The fourth-order valence-electron chi connectivity index (χ4n) is 4.60. The molecule has 224 valence electrons. The second kappa shape index (κ2) is 14.7. The summed E-state index contributed by atoms with van der Waals surface area (Å²) in [5, 5.41) is 3.27. The van der Waals surface area contributed by atoms with Crippen molar-refractivity contribution in [1.29, 1.82) is 0 Å². The summed E-state index contributed by atoms with van der Waals surface area (Å²) in [5.41, 5.74) is 1.88. The predicted octanol–water partition coefficient (Wildman–Crippen LogP) is 6.46. The highest BCUT2D eigenvalue weighted by atomic mass is 79.9. The Labute approximate surface area is 266 Å². The van der Waals surface area contributed by atoms with Gasteiger partial charge in [-0.15, -0.1) is 0 Å². The fourth-order valence-corrected chi connectivity index (χ4v) is 6.48. The first-order valence-corrected chi connectivity index (χ1v) is 16.4. The van der Waals surface area contributed by atoms with Gasteiger partial charge in [0.1, 0.15) is 12.6 Å². The molecule has 0 fully saturated rings. The lowest BCUT2D eigenvalue weighted by Crippen LogP contribution is -2.54. The summed E-state index contributed by atoms with van der Waals surface area (Å²) in [6.07, 6.45) is 0.240. The van der Waals surface area contributed by atoms with Crippen LogP contribution in [0.4, 0.5) is 5.69 Å². The minimum atomic E-state index is -4.18. The van der Waals surface area contributed by atoms with Crippen LogP contribution in [0.3, 0.4) is 0 Å². The van der Waals surface area contributed by atoms with Crippen molar-refractivity contribution in [2.75, 3.05) is 10.8 Å². The Morgan fingerprint density at radius 1 is 0.837 bits per heavy atom. The van der Waals surface area contributed by atoms with Gasteiger partial charge in [0.05, 0.1) is 10.6 Å². The maximum atomic E-state index is 14.4. The quantitative estimate of drug-likeness (QED) is 0.186. The van der Waals surface area contributed by atoms with Gasteiger partial charge in [0.15, 0.2) is 0 Å². The number of carbonyl (C=O) groups excluding carboxylic acids is 2. The first-order valence-electron chi connectivity index (χ1n) is 13.8. The number of benzene rings is 4. The third-order valence-corrected chi connectivity index (χ3v) is 9.23. The van der Waals surface area contributed by atoms with Crippen LogP contribution in [0.1, 0.15) is 25.0 Å². The van der Waals surface area contributed by atoms with Gasteiger partial charge in [-0.1, -0.05) is 94.3 Å². The second-order valence-corrected chi connectivity index (χ2v) is 13.5. The lowest BCUT2D eigenvalue weighted by molar-refractivity contribution is -0.140. The van der Waals surface area contributed by atoms with Crippen molar-refractivity contribution < 1.29 is 18.0 Å². The Balaban J connectivity index is 1.80. The van der Waals surface area contributed by atoms with E-state index in [0.717, 1.165) is 19.9 Å². The van der Waals surface area contributed by atoms with Crippen molar-refractivity contribution in [3.05, 3.63) is 130 Å². The maximum absolute atomic E-state index is 14.4. The highest BCUT2D eigenvalue weighted by molar-refractivity contribution is 9.10. The molecular weight excluding hydrogens is 650 g/mol. The molecule has 0 aliphatic heterocycles. The van der Waals surface area contributed by atoms with Gasteiger partial charge >= 0.3 is 0 Å². The van der Waals surface area contributed by atoms with E-state index < -0.39 is 28.5 Å². The smallest absolute Gasteiger partial charge is 0.264 e. The molecule has 4 aromatic rings. The number of rotatable bonds is 12. The molecular formula is C33H33BrClN3O4S. The summed E-state index contributed by atoms with van der Waals surface area (Å²) >= 11 is 9.71. The van der Waals surface area contributed by atoms with Crippen molar-refractivity contribution in [2.45, 2.75) is 43.8 Å². The fraction of sp³-hybridized carbons (Fsp3) is 0.212. The molecule has 0 aliphatic rings. The van der Waals surface area contributed by atoms with Gasteiger partial charge < -0.3 is 10.2 Å². The molecule has 43 heavy (non-hydrogen) atoms. The average Bonchev–Trinajstić information content (AvgIpc) is 2.99. The number of anilines is 1. The van der Waals surface area contributed by atoms with Crippen LogP contribution in [0.5, 0.6) is 0 Å². The van der Waals surface area contributed by atoms with Gasteiger partial charge in [0.2, 0.25) is 11.8 Å². The number of hydrogen-bond donors (Lipinski definition) is 1. The van der Waals surface area contributed by atoms with Gasteiger partial charge in [0.25, 0.3) is 10.0 Å². The van der Waals surface area contributed by atoms with Gasteiger partial charge in [-0.3, -0.25) is 13.9 Å². The van der Waals surface area contributed by atoms with Crippen LogP contribution >= 0.6 is 27.5 Å². The first kappa shape index (κ1) is 32.3. The molecule has 4 rings (SSSR count). The summed E-state index contributed by atoms with van der Waals surface area (Å²) in [6.45, 7) is 3.25. The Hall–Kier alpha value is -3.66. The highest BCUT2D eigenvalue weighted by Gasteiger charge is 2.34. The number of carbonyl (C=O) groups is 2. The van der Waals surface area contributed by atoms with E-state index in [1.54, 1.807) is 36.4 Å². The third kappa shape index (κ3) is 8.69. The molecule has 1 N–H and O–H groups in total. The number of halogens is 2. The molecule has 0 radical (unpaired) electrons. The lowest BCUT2D eigenvalue weighted by atomic mass is 10.0. The van der Waals surface area contributed by atoms with Gasteiger partial charge in [0, 0.05) is 28.5 Å². The Morgan fingerprint density at radius 2 is 1.47 bits per heavy atom. The predicted molar refractivity (Wildman–Crippen MR) is 174 cm³/mol. The SMILES string of the molecule is CC(C)NC(=O)C(Cc1ccccc1)N(Cc1ccc(Br)cc1)C(=O)CN(c1cccc(Cl)c1)S(=O)(=O)c1ccccc1. The van der Waals surface area contributed by atoms with E-state index in [4.69, 9.17) is 11.6 Å². The van der Waals surface area contributed by atoms with E-state index in [9.17, 15) is 18.0 Å². The number of nitrogens with zero attached hydrogens (tertiary/aromatic N) is 2. The van der Waals surface area contributed by atoms with Crippen LogP contribution in [0.2, 0.25) is 5.02 Å². The molecule has 0 saturated carbocycles. The van der Waals surface area contributed by atoms with Gasteiger partial charge in [-0.2, -0.15) is 0 Å². The average molecular weight is 683 g/mol. The van der Waals surface area contributed by atoms with Crippen LogP contribution in [0.25, 0.3) is 0 Å². The van der Waals surface area contributed by atoms with Crippen LogP contribution in [-0.4, -0.2) is 43.8 Å². The first-order chi connectivity index (χ1) is 20.5. The van der Waals surface area contributed by atoms with Gasteiger partial charge in [-0.05, 0) is 67.4 Å². The van der Waals surface area contributed by atoms with Crippen molar-refractivity contribution in [2.24, 2.45) is 0 Å². The summed E-state index contributed by atoms with van der Waals surface area (Å²) in [7, 11) is -4.18. The molecule has 0 aromatic heterocycles. The molecule has 4 aromatic carbocycles. The van der Waals surface area contributed by atoms with Crippen molar-refractivity contribution in [3.63, 3.8) is 0 Å². The molecule has 0 saturated heterocycles. The highest BCUT2D eigenvalue weighted by Crippen LogP contribution is 2.27. The Bertz CT molecular complexity index is 1640. The minimum absolute atomic E-state index is 0.0284. The van der Waals surface area contributed by atoms with Crippen LogP contribution in [0.15, 0.2) is 119 Å². The molecule has 0 spiro atoms. The normalized spacial score (nSPS) is 12.0. The minimum Gasteiger partial charge on any atom is -0.352 e. The number of amides is 2. The van der Waals surface area contributed by atoms with Crippen molar-refractivity contribution >= 4 is 55.1 Å². The summed E-state index contributed by atoms with van der Waals surface area (Å²) in [4.78, 5) is 29.6. The van der Waals surface area contributed by atoms with Crippen molar-refractivity contribution in [3.8, 4) is 0 Å². The van der Waals surface area contributed by atoms with Gasteiger partial charge in [-0.25, -0.2) is 8.42 Å². The number of hydrogen-bond acceptors (Lipinski definition) is 4. The third-order valence-electron chi connectivity index (χ3n) is 6.67. The zero-order valence-corrected chi connectivity index (χ0v) is 27.0. The van der Waals surface area contributed by atoms with Crippen LogP contribution < -0.4 is 9.62 Å². The van der Waals surface area contributed by atoms with E-state index in [2.05, 4.69) is 21.2 Å². The summed E-state index contributed by atoms with van der Waals surface area (Å²) < 4.78 is 29.8. The van der Waals surface area contributed by atoms with Crippen LogP contribution in [-0.2, 0) is 32.6 Å². The summed E-state index contributed by atoms with van der Waals surface area (Å²) in [6, 6.07) is 30.1. The number of nitrogens with one attached hydrogen (secondary N) is 1. The molecule has 1 atom stereocenters. The van der Waals surface area contributed by atoms with E-state index in [0.29, 0.717) is 5.02 Å². The standard InChI is InChI=1S/C33H33BrClN3O4S/c1-24(2)36-33(40)31(20-25-10-5-3-6-11-25)37(22-26-16-18-27(34)19-17-26)32(39)23-38(29-13-9-12-28(35)21-29)43(41,42)30-14-7-4-8-15-30/h3-19,21,24,31H,20,22-23H2,1-2H3,(H,36,40). The molecule has 2 amide bonds. The molecule has 0 aliphatic carbocycles. The zero-order valence-electron chi connectivity index (χ0n) is 23.9. The van der Waals surface area contributed by atoms with E-state index in [1.165, 1.54) is 23.1 Å². The monoisotopic (exact) mass is 681 g/mol. The lowest BCUT2D eigenvalue weighted by Gasteiger charge is -2.34. The molecule has 0 heterocycles. The maximum Gasteiger partial charge on any atom is 0.264 e. The molecule has 1 unspecified atom stereocenters. The zero-order chi connectivity index (χ0) is 31.0. The molecule has 10 heteroatoms. The van der Waals surface area contributed by atoms with E-state index in [-0.39, 0.29) is 35.5 Å². The Kier molecular flexibility index (Phi) is 11.0. The topological polar surface area (TPSA) is 86.8 Å². The molecule has 7 nitrogen and oxygen atoms in total. The van der Waals surface area contributed by atoms with E-state index in [1.807, 2.05) is 68.4 Å². The largest absolute Gasteiger partial charge is 0.352 e. The second-order valence-electron chi connectivity index (χ2n) is 10.3. The Morgan fingerprint density at radius 3 is 2.07 bits per heavy atom. The van der Waals surface area contributed by atoms with E-state index >= 15 is 0 Å².